The van der Waals surface area contributed by atoms with E-state index in [1.54, 1.807) is 18.4 Å². The molecule has 1 aliphatic heterocycles. The van der Waals surface area contributed by atoms with Gasteiger partial charge in [0.05, 0.1) is 18.8 Å². The van der Waals surface area contributed by atoms with Crippen molar-refractivity contribution in [3.63, 3.8) is 0 Å². The molecule has 0 fully saturated rings. The topological polar surface area (TPSA) is 99.3 Å². The fraction of sp³-hybridized carbons (Fsp3) is 0.435. The first-order chi connectivity index (χ1) is 16.0. The highest BCUT2D eigenvalue weighted by Gasteiger charge is 2.26. The fourth-order valence-electron chi connectivity index (χ4n) is 3.85. The second-order valence-electron chi connectivity index (χ2n) is 7.92. The lowest BCUT2D eigenvalue weighted by Crippen LogP contribution is -2.37. The Morgan fingerprint density at radius 1 is 1.18 bits per heavy atom. The Morgan fingerprint density at radius 3 is 2.73 bits per heavy atom. The lowest BCUT2D eigenvalue weighted by molar-refractivity contribution is -0.119. The van der Waals surface area contributed by atoms with E-state index in [0.29, 0.717) is 22.2 Å². The number of thiazole rings is 1. The highest BCUT2D eigenvalue weighted by molar-refractivity contribution is 7.17. The van der Waals surface area contributed by atoms with Crippen LogP contribution in [0.3, 0.4) is 0 Å². The largest absolute Gasteiger partial charge is 0.462 e. The molecule has 3 aromatic rings. The van der Waals surface area contributed by atoms with Crippen LogP contribution in [0.2, 0.25) is 0 Å². The van der Waals surface area contributed by atoms with Gasteiger partial charge in [0.1, 0.15) is 17.2 Å². The summed E-state index contributed by atoms with van der Waals surface area (Å²) in [4.78, 5) is 44.9. The SMILES string of the molecule is CCOC(=O)c1sc(N(Cc2ccccc2)C(=O)Cn2nc3n(c2=O)CCCCC3)nc1C. The lowest BCUT2D eigenvalue weighted by atomic mass is 10.2. The van der Waals surface area contributed by atoms with Crippen molar-refractivity contribution in [2.75, 3.05) is 11.5 Å². The molecule has 0 radical (unpaired) electrons. The van der Waals surface area contributed by atoms with Crippen molar-refractivity contribution in [1.29, 1.82) is 0 Å². The number of hydrogen-bond donors (Lipinski definition) is 0. The molecule has 0 saturated heterocycles. The van der Waals surface area contributed by atoms with Crippen molar-refractivity contribution >= 4 is 28.3 Å². The van der Waals surface area contributed by atoms with E-state index in [-0.39, 0.29) is 31.3 Å². The van der Waals surface area contributed by atoms with Gasteiger partial charge in [-0.05, 0) is 32.3 Å². The molecule has 0 spiro atoms. The van der Waals surface area contributed by atoms with Crippen molar-refractivity contribution in [1.82, 2.24) is 19.3 Å². The average molecular weight is 470 g/mol. The molecule has 1 amide bonds. The first-order valence-corrected chi connectivity index (χ1v) is 11.9. The van der Waals surface area contributed by atoms with E-state index in [4.69, 9.17) is 4.74 Å². The third-order valence-electron chi connectivity index (χ3n) is 5.53. The Morgan fingerprint density at radius 2 is 1.97 bits per heavy atom. The smallest absolute Gasteiger partial charge is 0.350 e. The van der Waals surface area contributed by atoms with Crippen molar-refractivity contribution < 1.29 is 14.3 Å². The molecule has 0 atom stereocenters. The number of aromatic nitrogens is 4. The Hall–Kier alpha value is -3.27. The molecule has 4 rings (SSSR count). The number of carbonyl (C=O) groups excluding carboxylic acids is 2. The summed E-state index contributed by atoms with van der Waals surface area (Å²) in [6.45, 7) is 4.41. The first kappa shape index (κ1) is 22.9. The molecule has 174 valence electrons. The standard InChI is InChI=1S/C23H27N5O4S/c1-3-32-21(30)20-16(2)24-22(33-20)27(14-17-10-6-4-7-11-17)19(29)15-28-23(31)26-13-9-5-8-12-18(26)25-28/h4,6-7,10-11H,3,5,8-9,12-15H2,1-2H3. The van der Waals surface area contributed by atoms with Gasteiger partial charge in [-0.3, -0.25) is 14.3 Å². The van der Waals surface area contributed by atoms with Crippen molar-refractivity contribution in [2.45, 2.75) is 59.2 Å². The van der Waals surface area contributed by atoms with Gasteiger partial charge in [0, 0.05) is 13.0 Å². The van der Waals surface area contributed by atoms with Crippen LogP contribution in [0.1, 0.15) is 52.9 Å². The quantitative estimate of drug-likeness (QED) is 0.494. The maximum absolute atomic E-state index is 13.4. The summed E-state index contributed by atoms with van der Waals surface area (Å²) in [5.41, 5.74) is 1.15. The van der Waals surface area contributed by atoms with E-state index in [9.17, 15) is 14.4 Å². The monoisotopic (exact) mass is 469 g/mol. The van der Waals surface area contributed by atoms with E-state index >= 15 is 0 Å². The number of hydrogen-bond acceptors (Lipinski definition) is 7. The summed E-state index contributed by atoms with van der Waals surface area (Å²) in [7, 11) is 0. The summed E-state index contributed by atoms with van der Waals surface area (Å²) in [5, 5.41) is 4.82. The van der Waals surface area contributed by atoms with Crippen LogP contribution in [0, 0.1) is 6.92 Å². The highest BCUT2D eigenvalue weighted by Crippen LogP contribution is 2.28. The molecule has 0 saturated carbocycles. The van der Waals surface area contributed by atoms with Crippen LogP contribution in [0.4, 0.5) is 5.13 Å². The molecular formula is C23H27N5O4S. The fourth-order valence-corrected chi connectivity index (χ4v) is 4.83. The van der Waals surface area contributed by atoms with Crippen LogP contribution in [-0.2, 0) is 35.6 Å². The predicted octanol–water partition coefficient (Wildman–Crippen LogP) is 2.95. The molecule has 0 unspecified atom stereocenters. The molecule has 9 nitrogen and oxygen atoms in total. The van der Waals surface area contributed by atoms with E-state index in [1.165, 1.54) is 9.58 Å². The summed E-state index contributed by atoms with van der Waals surface area (Å²) in [6.07, 6.45) is 3.72. The molecular weight excluding hydrogens is 442 g/mol. The zero-order valence-electron chi connectivity index (χ0n) is 18.8. The molecule has 0 aliphatic carbocycles. The second kappa shape index (κ2) is 10.1. The minimum absolute atomic E-state index is 0.195. The number of amides is 1. The number of esters is 1. The number of aryl methyl sites for hydroxylation is 2. The molecule has 1 aliphatic rings. The van der Waals surface area contributed by atoms with Crippen molar-refractivity contribution in [2.24, 2.45) is 0 Å². The molecule has 0 bridgehead atoms. The molecule has 0 N–H and O–H groups in total. The predicted molar refractivity (Wildman–Crippen MR) is 124 cm³/mol. The van der Waals surface area contributed by atoms with Gasteiger partial charge < -0.3 is 4.74 Å². The highest BCUT2D eigenvalue weighted by atomic mass is 32.1. The number of rotatable bonds is 7. The summed E-state index contributed by atoms with van der Waals surface area (Å²) in [5.74, 6) is -0.0482. The number of carbonyl (C=O) groups is 2. The number of anilines is 1. The molecule has 33 heavy (non-hydrogen) atoms. The maximum atomic E-state index is 13.4. The first-order valence-electron chi connectivity index (χ1n) is 11.1. The van der Waals surface area contributed by atoms with Gasteiger partial charge in [0.2, 0.25) is 0 Å². The molecule has 10 heteroatoms. The van der Waals surface area contributed by atoms with Gasteiger partial charge in [-0.2, -0.15) is 5.10 Å². The zero-order valence-corrected chi connectivity index (χ0v) is 19.6. The van der Waals surface area contributed by atoms with E-state index in [1.807, 2.05) is 30.3 Å². The average Bonchev–Trinajstić information content (AvgIpc) is 3.22. The second-order valence-corrected chi connectivity index (χ2v) is 8.89. The van der Waals surface area contributed by atoms with E-state index in [0.717, 1.165) is 48.4 Å². The van der Waals surface area contributed by atoms with Crippen LogP contribution in [0.5, 0.6) is 0 Å². The number of fused-ring (bicyclic) bond motifs is 1. The Balaban J connectivity index is 1.64. The Kier molecular flexibility index (Phi) is 7.02. The van der Waals surface area contributed by atoms with Crippen molar-refractivity contribution in [3.8, 4) is 0 Å². The summed E-state index contributed by atoms with van der Waals surface area (Å²) >= 11 is 1.11. The molecule has 3 heterocycles. The van der Waals surface area contributed by atoms with Crippen molar-refractivity contribution in [3.05, 3.63) is 62.8 Å². The van der Waals surface area contributed by atoms with Crippen LogP contribution >= 0.6 is 11.3 Å². The van der Waals surface area contributed by atoms with Gasteiger partial charge in [0.15, 0.2) is 5.13 Å². The minimum atomic E-state index is -0.458. The normalized spacial score (nSPS) is 13.3. The summed E-state index contributed by atoms with van der Waals surface area (Å²) < 4.78 is 8.04. The van der Waals surface area contributed by atoms with Gasteiger partial charge in [-0.25, -0.2) is 19.3 Å². The zero-order chi connectivity index (χ0) is 23.4. The number of ether oxygens (including phenoxy) is 1. The Bertz CT molecular complexity index is 1200. The van der Waals surface area contributed by atoms with Crippen LogP contribution in [0.15, 0.2) is 35.1 Å². The van der Waals surface area contributed by atoms with Gasteiger partial charge >= 0.3 is 11.7 Å². The van der Waals surface area contributed by atoms with Crippen LogP contribution in [0.25, 0.3) is 0 Å². The Labute approximate surface area is 195 Å². The van der Waals surface area contributed by atoms with Crippen LogP contribution < -0.4 is 10.6 Å². The minimum Gasteiger partial charge on any atom is -0.462 e. The lowest BCUT2D eigenvalue weighted by Gasteiger charge is -2.20. The number of benzene rings is 1. The molecule has 2 aromatic heterocycles. The van der Waals surface area contributed by atoms with Gasteiger partial charge in [-0.1, -0.05) is 48.1 Å². The third kappa shape index (κ3) is 5.05. The molecule has 1 aromatic carbocycles. The van der Waals surface area contributed by atoms with E-state index < -0.39 is 5.97 Å². The van der Waals surface area contributed by atoms with Gasteiger partial charge in [-0.15, -0.1) is 0 Å². The maximum Gasteiger partial charge on any atom is 0.350 e. The van der Waals surface area contributed by atoms with Crippen LogP contribution in [-0.4, -0.2) is 37.8 Å². The summed E-state index contributed by atoms with van der Waals surface area (Å²) in [6, 6.07) is 9.52. The number of nitrogens with zero attached hydrogens (tertiary/aromatic N) is 5. The third-order valence-corrected chi connectivity index (χ3v) is 6.69. The van der Waals surface area contributed by atoms with Gasteiger partial charge in [0.25, 0.3) is 5.91 Å². The van der Waals surface area contributed by atoms with E-state index in [2.05, 4.69) is 10.1 Å².